The van der Waals surface area contributed by atoms with Crippen LogP contribution in [0.15, 0.2) is 216 Å². The number of para-hydroxylation sites is 2. The number of benzene rings is 7. The smallest absolute Gasteiger partial charge is 0.179 e. The van der Waals surface area contributed by atoms with Crippen LogP contribution in [0, 0.1) is 11.8 Å². The molecule has 2 aliphatic rings. The number of nitrogens with two attached hydrogens (primary N) is 1. The largest absolute Gasteiger partial charge is 0.321 e. The summed E-state index contributed by atoms with van der Waals surface area (Å²) in [6.07, 6.45) is 13.7. The molecule has 2 aliphatic carbocycles. The van der Waals surface area contributed by atoms with Crippen LogP contribution in [0.25, 0.3) is 65.8 Å². The van der Waals surface area contributed by atoms with Crippen molar-refractivity contribution in [3.05, 3.63) is 217 Å². The van der Waals surface area contributed by atoms with Crippen LogP contribution in [0.4, 0.5) is 0 Å². The Morgan fingerprint density at radius 3 is 2.00 bits per heavy atom. The SMILES string of the molecule is N/N=C(\N=C(C1=CC2C=CC=C(n3c4ccccc4c4cc5c6ccc7ccccc7c6n(-c6ccccc6)c5cc43)C2C=C1)c1ccccc1)c1ccccc1. The van der Waals surface area contributed by atoms with Crippen LogP contribution in [0.1, 0.15) is 11.1 Å². The molecule has 0 saturated heterocycles. The van der Waals surface area contributed by atoms with Crippen molar-refractivity contribution in [3.63, 3.8) is 0 Å². The summed E-state index contributed by atoms with van der Waals surface area (Å²) in [6, 6.07) is 58.0. The third-order valence-electron chi connectivity index (χ3n) is 11.6. The van der Waals surface area contributed by atoms with Crippen LogP contribution < -0.4 is 5.84 Å². The van der Waals surface area contributed by atoms with E-state index in [1.165, 1.54) is 60.1 Å². The molecule has 2 N–H and O–H groups in total. The van der Waals surface area contributed by atoms with E-state index < -0.39 is 0 Å². The Labute approximate surface area is 330 Å². The first kappa shape index (κ1) is 32.9. The molecule has 2 aromatic heterocycles. The fraction of sp³-hybridized carbons (Fsp3) is 0.0385. The molecule has 0 spiro atoms. The van der Waals surface area contributed by atoms with Gasteiger partial charge in [-0.15, -0.1) is 0 Å². The summed E-state index contributed by atoms with van der Waals surface area (Å²) in [4.78, 5) is 5.12. The highest BCUT2D eigenvalue weighted by molar-refractivity contribution is 6.24. The van der Waals surface area contributed by atoms with Crippen molar-refractivity contribution in [1.82, 2.24) is 9.13 Å². The number of hydrogen-bond acceptors (Lipinski definition) is 2. The summed E-state index contributed by atoms with van der Waals surface area (Å²) < 4.78 is 4.96. The number of rotatable bonds is 5. The number of allylic oxidation sites excluding steroid dienone is 8. The standard InChI is InChI=1S/C52H37N5/c53-55-52(36-18-6-2-7-19-36)54-50(35-16-4-1-5-17-35)38-28-29-40-37(31-38)20-14-26-46(40)57-47-25-13-12-24-42(47)44-32-45-43-30-27-34-15-10-11-23-41(34)51(43)56(48(45)33-49(44)57)39-21-8-3-9-22-39/h1-33,37,40H,53H2/b54-50?,55-52-. The summed E-state index contributed by atoms with van der Waals surface area (Å²) in [5.41, 5.74) is 10.9. The number of fused-ring (bicyclic) bond motifs is 9. The number of aromatic nitrogens is 2. The first-order chi connectivity index (χ1) is 28.2. The molecule has 2 heterocycles. The summed E-state index contributed by atoms with van der Waals surface area (Å²) in [5.74, 6) is 6.67. The predicted octanol–water partition coefficient (Wildman–Crippen LogP) is 12.0. The van der Waals surface area contributed by atoms with E-state index >= 15 is 0 Å². The van der Waals surface area contributed by atoms with Gasteiger partial charge in [-0.1, -0.05) is 164 Å². The van der Waals surface area contributed by atoms with Gasteiger partial charge in [0.2, 0.25) is 0 Å². The van der Waals surface area contributed by atoms with Crippen molar-refractivity contribution in [2.24, 2.45) is 27.8 Å². The van der Waals surface area contributed by atoms with Gasteiger partial charge in [0.15, 0.2) is 5.84 Å². The average molecular weight is 732 g/mol. The van der Waals surface area contributed by atoms with E-state index in [0.29, 0.717) is 5.84 Å². The first-order valence-electron chi connectivity index (χ1n) is 19.5. The molecule has 0 amide bonds. The monoisotopic (exact) mass is 731 g/mol. The van der Waals surface area contributed by atoms with Crippen molar-refractivity contribution in [3.8, 4) is 5.69 Å². The molecule has 2 unspecified atom stereocenters. The van der Waals surface area contributed by atoms with E-state index in [2.05, 4.69) is 166 Å². The highest BCUT2D eigenvalue weighted by atomic mass is 15.2. The maximum absolute atomic E-state index is 5.97. The highest BCUT2D eigenvalue weighted by Crippen LogP contribution is 2.44. The number of aliphatic imine (C=N–C) groups is 1. The molecular formula is C52H37N5. The molecule has 9 aromatic rings. The Balaban J connectivity index is 1.09. The van der Waals surface area contributed by atoms with E-state index in [1.807, 2.05) is 48.5 Å². The number of amidine groups is 1. The molecule has 270 valence electrons. The van der Waals surface area contributed by atoms with Crippen molar-refractivity contribution in [2.75, 3.05) is 0 Å². The van der Waals surface area contributed by atoms with E-state index in [9.17, 15) is 0 Å². The van der Waals surface area contributed by atoms with Gasteiger partial charge in [0.25, 0.3) is 0 Å². The van der Waals surface area contributed by atoms with E-state index in [1.54, 1.807) is 0 Å². The van der Waals surface area contributed by atoms with Crippen molar-refractivity contribution in [2.45, 2.75) is 0 Å². The third kappa shape index (κ3) is 5.31. The molecule has 0 saturated carbocycles. The molecule has 0 radical (unpaired) electrons. The fourth-order valence-electron chi connectivity index (χ4n) is 9.06. The van der Waals surface area contributed by atoms with Crippen molar-refractivity contribution < 1.29 is 0 Å². The normalized spacial score (nSPS) is 17.1. The predicted molar refractivity (Wildman–Crippen MR) is 239 cm³/mol. The van der Waals surface area contributed by atoms with Gasteiger partial charge in [0, 0.05) is 61.3 Å². The second-order valence-electron chi connectivity index (χ2n) is 14.8. The Morgan fingerprint density at radius 1 is 0.544 bits per heavy atom. The molecule has 2 atom stereocenters. The van der Waals surface area contributed by atoms with E-state index in [0.717, 1.165) is 28.1 Å². The molecule has 0 bridgehead atoms. The maximum Gasteiger partial charge on any atom is 0.179 e. The van der Waals surface area contributed by atoms with Gasteiger partial charge in [-0.25, -0.2) is 4.99 Å². The molecule has 57 heavy (non-hydrogen) atoms. The van der Waals surface area contributed by atoms with Crippen LogP contribution in [-0.4, -0.2) is 20.7 Å². The lowest BCUT2D eigenvalue weighted by Gasteiger charge is -2.30. The van der Waals surface area contributed by atoms with Gasteiger partial charge in [0.1, 0.15) is 0 Å². The molecular weight excluding hydrogens is 695 g/mol. The van der Waals surface area contributed by atoms with Crippen molar-refractivity contribution in [1.29, 1.82) is 0 Å². The lowest BCUT2D eigenvalue weighted by atomic mass is 9.79. The summed E-state index contributed by atoms with van der Waals surface area (Å²) in [6.45, 7) is 0. The van der Waals surface area contributed by atoms with Crippen LogP contribution >= 0.6 is 0 Å². The zero-order valence-electron chi connectivity index (χ0n) is 31.1. The Kier molecular flexibility index (Phi) is 7.71. The molecule has 0 fully saturated rings. The van der Waals surface area contributed by atoms with E-state index in [-0.39, 0.29) is 11.8 Å². The molecule has 5 heteroatoms. The average Bonchev–Trinajstić information content (AvgIpc) is 3.78. The number of hydrazone groups is 1. The summed E-state index contributed by atoms with van der Waals surface area (Å²) in [5, 5.41) is 11.6. The molecule has 0 aliphatic heterocycles. The zero-order chi connectivity index (χ0) is 37.9. The topological polar surface area (TPSA) is 60.6 Å². The zero-order valence-corrected chi connectivity index (χ0v) is 31.1. The second kappa shape index (κ2) is 13.4. The van der Waals surface area contributed by atoms with Crippen LogP contribution in [0.2, 0.25) is 0 Å². The quantitative estimate of drug-likeness (QED) is 0.0815. The maximum atomic E-state index is 5.97. The summed E-state index contributed by atoms with van der Waals surface area (Å²) >= 11 is 0. The second-order valence-corrected chi connectivity index (χ2v) is 14.8. The third-order valence-corrected chi connectivity index (χ3v) is 11.6. The Morgan fingerprint density at radius 2 is 1.21 bits per heavy atom. The molecule has 5 nitrogen and oxygen atoms in total. The Hall–Kier alpha value is -7.50. The van der Waals surface area contributed by atoms with E-state index in [4.69, 9.17) is 10.8 Å². The van der Waals surface area contributed by atoms with Gasteiger partial charge < -0.3 is 15.0 Å². The minimum Gasteiger partial charge on any atom is -0.321 e. The lowest BCUT2D eigenvalue weighted by molar-refractivity contribution is 0.653. The van der Waals surface area contributed by atoms with Crippen LogP contribution in [-0.2, 0) is 0 Å². The Bertz CT molecular complexity index is 3230. The van der Waals surface area contributed by atoms with Crippen LogP contribution in [0.5, 0.6) is 0 Å². The van der Waals surface area contributed by atoms with Gasteiger partial charge in [-0.2, -0.15) is 5.10 Å². The molecule has 11 rings (SSSR count). The van der Waals surface area contributed by atoms with Gasteiger partial charge in [0.05, 0.1) is 27.8 Å². The highest BCUT2D eigenvalue weighted by Gasteiger charge is 2.30. The summed E-state index contributed by atoms with van der Waals surface area (Å²) in [7, 11) is 0. The first-order valence-corrected chi connectivity index (χ1v) is 19.5. The fourth-order valence-corrected chi connectivity index (χ4v) is 9.06. The molecule has 7 aromatic carbocycles. The van der Waals surface area contributed by atoms with Crippen molar-refractivity contribution >= 4 is 71.6 Å². The number of nitrogens with zero attached hydrogens (tertiary/aromatic N) is 4. The van der Waals surface area contributed by atoms with Gasteiger partial charge >= 0.3 is 0 Å². The van der Waals surface area contributed by atoms with Crippen LogP contribution in [0.3, 0.4) is 0 Å². The number of hydrogen-bond donors (Lipinski definition) is 1. The lowest BCUT2D eigenvalue weighted by Crippen LogP contribution is -2.22. The minimum absolute atomic E-state index is 0.103. The minimum atomic E-state index is 0.103. The van der Waals surface area contributed by atoms with Gasteiger partial charge in [-0.05, 0) is 47.4 Å². The van der Waals surface area contributed by atoms with Gasteiger partial charge in [-0.3, -0.25) is 0 Å².